The molecule has 2 N–H and O–H groups in total. The van der Waals surface area contributed by atoms with Gasteiger partial charge in [0.25, 0.3) is 0 Å². The van der Waals surface area contributed by atoms with Gasteiger partial charge < -0.3 is 15.3 Å². The molecule has 0 bridgehead atoms. The Labute approximate surface area is 141 Å². The molecular weight excluding hydrogens is 310 g/mol. The van der Waals surface area contributed by atoms with Crippen LogP contribution in [0.1, 0.15) is 25.3 Å². The highest BCUT2D eigenvalue weighted by molar-refractivity contribution is 5.95. The van der Waals surface area contributed by atoms with Gasteiger partial charge in [-0.25, -0.2) is 0 Å². The van der Waals surface area contributed by atoms with Crippen LogP contribution in [0.3, 0.4) is 0 Å². The third-order valence-electron chi connectivity index (χ3n) is 4.22. The van der Waals surface area contributed by atoms with Gasteiger partial charge in [0.2, 0.25) is 11.8 Å². The number of amides is 2. The zero-order chi connectivity index (χ0) is 17.7. The zero-order valence-electron chi connectivity index (χ0n) is 14.0. The number of nitrogens with one attached hydrogen (secondary N) is 1. The second-order valence-electron chi connectivity index (χ2n) is 6.02. The van der Waals surface area contributed by atoms with Crippen molar-refractivity contribution < 1.29 is 19.5 Å². The lowest BCUT2D eigenvalue weighted by molar-refractivity contribution is -0.142. The largest absolute Gasteiger partial charge is 0.480 e. The topological polar surface area (TPSA) is 89.9 Å². The number of carboxylic acid groups (broad SMARTS) is 1. The summed E-state index contributed by atoms with van der Waals surface area (Å²) in [7, 11) is 1.60. The second-order valence-corrected chi connectivity index (χ2v) is 6.02. The van der Waals surface area contributed by atoms with E-state index in [1.807, 2.05) is 24.3 Å². The molecule has 0 saturated carbocycles. The maximum atomic E-state index is 11.9. The minimum Gasteiger partial charge on any atom is -0.480 e. The maximum absolute atomic E-state index is 11.9. The van der Waals surface area contributed by atoms with Crippen molar-refractivity contribution in [3.63, 3.8) is 0 Å². The molecule has 0 spiro atoms. The molecule has 1 atom stereocenters. The Hall–Kier alpha value is -2.41. The van der Waals surface area contributed by atoms with Crippen LogP contribution in [0.5, 0.6) is 0 Å². The number of anilines is 1. The molecule has 2 rings (SSSR count). The molecule has 0 radical (unpaired) electrons. The molecule has 1 heterocycles. The van der Waals surface area contributed by atoms with Gasteiger partial charge in [0, 0.05) is 25.2 Å². The molecule has 1 aromatic carbocycles. The highest BCUT2D eigenvalue weighted by Gasteiger charge is 2.21. The number of hydrogen-bond acceptors (Lipinski definition) is 4. The molecule has 24 heavy (non-hydrogen) atoms. The number of benzene rings is 1. The van der Waals surface area contributed by atoms with Crippen LogP contribution < -0.4 is 10.2 Å². The Morgan fingerprint density at radius 2 is 2.00 bits per heavy atom. The van der Waals surface area contributed by atoms with E-state index in [4.69, 9.17) is 5.11 Å². The Balaban J connectivity index is 1.82. The normalized spacial score (nSPS) is 15.6. The van der Waals surface area contributed by atoms with Gasteiger partial charge in [-0.05, 0) is 38.1 Å². The van der Waals surface area contributed by atoms with E-state index < -0.39 is 12.0 Å². The number of carbonyl (C=O) groups excluding carboxylic acids is 2. The van der Waals surface area contributed by atoms with Gasteiger partial charge in [0.1, 0.15) is 6.04 Å². The molecule has 1 aliphatic heterocycles. The van der Waals surface area contributed by atoms with Crippen molar-refractivity contribution in [3.05, 3.63) is 29.8 Å². The van der Waals surface area contributed by atoms with E-state index in [-0.39, 0.29) is 18.4 Å². The van der Waals surface area contributed by atoms with Crippen LogP contribution >= 0.6 is 0 Å². The molecule has 0 aliphatic carbocycles. The van der Waals surface area contributed by atoms with Crippen LogP contribution in [0.25, 0.3) is 0 Å². The van der Waals surface area contributed by atoms with Crippen molar-refractivity contribution in [1.29, 1.82) is 0 Å². The molecule has 1 aliphatic rings. The van der Waals surface area contributed by atoms with E-state index in [0.717, 1.165) is 24.2 Å². The first kappa shape index (κ1) is 17.9. The SMILES string of the molecule is CC(C(=O)O)N(C)CC(=O)NCc1ccc(N2CCCC2=O)cc1. The summed E-state index contributed by atoms with van der Waals surface area (Å²) in [6.45, 7) is 2.67. The zero-order valence-corrected chi connectivity index (χ0v) is 14.0. The smallest absolute Gasteiger partial charge is 0.320 e. The van der Waals surface area contributed by atoms with Crippen LogP contribution in [0.4, 0.5) is 5.69 Å². The van der Waals surface area contributed by atoms with Crippen LogP contribution in [-0.4, -0.2) is 54.0 Å². The van der Waals surface area contributed by atoms with Gasteiger partial charge in [-0.1, -0.05) is 12.1 Å². The number of rotatable bonds is 7. The van der Waals surface area contributed by atoms with Crippen molar-refractivity contribution in [2.24, 2.45) is 0 Å². The summed E-state index contributed by atoms with van der Waals surface area (Å²) in [5.74, 6) is -1.05. The van der Waals surface area contributed by atoms with Gasteiger partial charge in [0.05, 0.1) is 6.54 Å². The molecule has 0 aromatic heterocycles. The van der Waals surface area contributed by atoms with E-state index >= 15 is 0 Å². The van der Waals surface area contributed by atoms with Gasteiger partial charge in [-0.15, -0.1) is 0 Å². The van der Waals surface area contributed by atoms with E-state index in [0.29, 0.717) is 13.0 Å². The number of carbonyl (C=O) groups is 3. The van der Waals surface area contributed by atoms with Crippen molar-refractivity contribution in [2.75, 3.05) is 25.0 Å². The van der Waals surface area contributed by atoms with Gasteiger partial charge in [0.15, 0.2) is 0 Å². The number of aliphatic carboxylic acids is 1. The average molecular weight is 333 g/mol. The quantitative estimate of drug-likeness (QED) is 0.771. The van der Waals surface area contributed by atoms with Crippen molar-refractivity contribution in [1.82, 2.24) is 10.2 Å². The highest BCUT2D eigenvalue weighted by atomic mass is 16.4. The Kier molecular flexibility index (Phi) is 5.92. The van der Waals surface area contributed by atoms with Crippen molar-refractivity contribution in [2.45, 2.75) is 32.4 Å². The first-order valence-corrected chi connectivity index (χ1v) is 7.97. The fraction of sp³-hybridized carbons (Fsp3) is 0.471. The minimum absolute atomic E-state index is 0.0217. The molecule has 1 saturated heterocycles. The Bertz CT molecular complexity index is 615. The van der Waals surface area contributed by atoms with E-state index in [1.165, 1.54) is 11.8 Å². The van der Waals surface area contributed by atoms with Crippen LogP contribution in [0.2, 0.25) is 0 Å². The lowest BCUT2D eigenvalue weighted by Gasteiger charge is -2.20. The van der Waals surface area contributed by atoms with Gasteiger partial charge in [-0.3, -0.25) is 19.3 Å². The van der Waals surface area contributed by atoms with E-state index in [9.17, 15) is 14.4 Å². The first-order chi connectivity index (χ1) is 11.4. The predicted molar refractivity (Wildman–Crippen MR) is 89.6 cm³/mol. The predicted octanol–water partition coefficient (Wildman–Crippen LogP) is 0.835. The molecule has 7 nitrogen and oxygen atoms in total. The second kappa shape index (κ2) is 7.92. The lowest BCUT2D eigenvalue weighted by atomic mass is 10.2. The minimum atomic E-state index is -0.961. The fourth-order valence-electron chi connectivity index (χ4n) is 2.52. The molecular formula is C17H23N3O4. The van der Waals surface area contributed by atoms with Crippen molar-refractivity contribution in [3.8, 4) is 0 Å². The molecule has 2 amide bonds. The number of hydrogen-bond donors (Lipinski definition) is 2. The van der Waals surface area contributed by atoms with Gasteiger partial charge >= 0.3 is 5.97 Å². The lowest BCUT2D eigenvalue weighted by Crippen LogP contribution is -2.42. The molecule has 1 fully saturated rings. The summed E-state index contributed by atoms with van der Waals surface area (Å²) >= 11 is 0. The summed E-state index contributed by atoms with van der Waals surface area (Å²) in [5.41, 5.74) is 1.80. The van der Waals surface area contributed by atoms with Crippen LogP contribution in [0, 0.1) is 0 Å². The van der Waals surface area contributed by atoms with Crippen LogP contribution in [-0.2, 0) is 20.9 Å². The third-order valence-corrected chi connectivity index (χ3v) is 4.22. The number of likely N-dealkylation sites (N-methyl/N-ethyl adjacent to an activating group) is 1. The average Bonchev–Trinajstić information content (AvgIpc) is 2.98. The monoisotopic (exact) mass is 333 g/mol. The fourth-order valence-corrected chi connectivity index (χ4v) is 2.52. The van der Waals surface area contributed by atoms with Crippen LogP contribution in [0.15, 0.2) is 24.3 Å². The molecule has 1 aromatic rings. The van der Waals surface area contributed by atoms with Gasteiger partial charge in [-0.2, -0.15) is 0 Å². The molecule has 1 unspecified atom stereocenters. The summed E-state index contributed by atoms with van der Waals surface area (Å²) in [6, 6.07) is 6.80. The summed E-state index contributed by atoms with van der Waals surface area (Å²) in [4.78, 5) is 37.7. The van der Waals surface area contributed by atoms with E-state index in [2.05, 4.69) is 5.32 Å². The number of nitrogens with zero attached hydrogens (tertiary/aromatic N) is 2. The summed E-state index contributed by atoms with van der Waals surface area (Å²) in [5, 5.41) is 11.7. The third kappa shape index (κ3) is 4.55. The Morgan fingerprint density at radius 1 is 1.33 bits per heavy atom. The van der Waals surface area contributed by atoms with Crippen molar-refractivity contribution >= 4 is 23.5 Å². The summed E-state index contributed by atoms with van der Waals surface area (Å²) < 4.78 is 0. The molecule has 7 heteroatoms. The first-order valence-electron chi connectivity index (χ1n) is 7.97. The summed E-state index contributed by atoms with van der Waals surface area (Å²) in [6.07, 6.45) is 1.49. The maximum Gasteiger partial charge on any atom is 0.320 e. The molecule has 130 valence electrons. The Morgan fingerprint density at radius 3 is 2.54 bits per heavy atom. The number of carboxylic acids is 1. The highest BCUT2D eigenvalue weighted by Crippen LogP contribution is 2.21. The standard InChI is InChI=1S/C17H23N3O4/c1-12(17(23)24)19(2)11-15(21)18-10-13-5-7-14(8-6-13)20-9-3-4-16(20)22/h5-8,12H,3-4,9-11H2,1-2H3,(H,18,21)(H,23,24). The van der Waals surface area contributed by atoms with E-state index in [1.54, 1.807) is 11.9 Å².